The number of pyridine rings is 4. The lowest BCUT2D eigenvalue weighted by molar-refractivity contribution is -0.137. The second-order valence-corrected chi connectivity index (χ2v) is 20.0. The molecule has 0 unspecified atom stereocenters. The highest BCUT2D eigenvalue weighted by Gasteiger charge is 2.37. The van der Waals surface area contributed by atoms with Crippen molar-refractivity contribution in [3.05, 3.63) is 152 Å². The monoisotopic (exact) mass is 1090 g/mol. The molecule has 0 saturated carbocycles. The first-order valence-corrected chi connectivity index (χ1v) is 24.2. The van der Waals surface area contributed by atoms with Gasteiger partial charge < -0.3 is 14.8 Å². The number of amides is 1. The van der Waals surface area contributed by atoms with Gasteiger partial charge in [0.1, 0.15) is 17.1 Å². The van der Waals surface area contributed by atoms with Gasteiger partial charge in [0.25, 0.3) is 5.91 Å². The van der Waals surface area contributed by atoms with E-state index in [1.807, 2.05) is 41.5 Å². The van der Waals surface area contributed by atoms with Crippen molar-refractivity contribution in [3.63, 3.8) is 0 Å². The first-order valence-electron chi connectivity index (χ1n) is 24.2. The van der Waals surface area contributed by atoms with E-state index in [2.05, 4.69) is 48.9 Å². The number of alkyl halides is 9. The molecule has 7 rings (SSSR count). The molecule has 0 aliphatic carbocycles. The maximum absolute atomic E-state index is 13.8. The van der Waals surface area contributed by atoms with Crippen molar-refractivity contribution in [1.29, 1.82) is 0 Å². The number of benzene rings is 3. The Balaban J connectivity index is 0.000000220. The van der Waals surface area contributed by atoms with Crippen LogP contribution in [0.1, 0.15) is 143 Å². The van der Waals surface area contributed by atoms with Crippen molar-refractivity contribution in [3.8, 4) is 23.7 Å². The highest BCUT2D eigenvalue weighted by atomic mass is 19.4. The third-order valence-corrected chi connectivity index (χ3v) is 10.9. The van der Waals surface area contributed by atoms with Crippen molar-refractivity contribution in [2.75, 3.05) is 13.2 Å². The van der Waals surface area contributed by atoms with Gasteiger partial charge in [-0.3, -0.25) is 9.78 Å². The minimum Gasteiger partial charge on any atom is -0.461 e. The minimum absolute atomic E-state index is 0.0834. The summed E-state index contributed by atoms with van der Waals surface area (Å²) in [5.41, 5.74) is -1.26. The SMILES string of the molecule is CCOC(=O)c1cc(C)c2cc(C#CC(C)(C)C)cc(C(F)(F)F)c2n1.CCOC(=O)c1cc(C)c2cc(C)cc(C(F)(F)F)c2n1.Cc1cc(C(=O)NCc2ccccn2)nc2c(C(F)(F)F)cc(C#CC(C)(C)C)cc12. The number of fused-ring (bicyclic) bond motifs is 3. The Morgan fingerprint density at radius 2 is 0.910 bits per heavy atom. The van der Waals surface area contributed by atoms with Crippen LogP contribution in [-0.2, 0) is 34.5 Å². The number of esters is 2. The van der Waals surface area contributed by atoms with Crippen LogP contribution in [0, 0.1) is 62.2 Å². The van der Waals surface area contributed by atoms with E-state index in [0.717, 1.165) is 18.2 Å². The van der Waals surface area contributed by atoms with Crippen molar-refractivity contribution in [2.24, 2.45) is 10.8 Å². The lowest BCUT2D eigenvalue weighted by atomic mass is 9.96. The van der Waals surface area contributed by atoms with Crippen molar-refractivity contribution < 1.29 is 63.4 Å². The van der Waals surface area contributed by atoms with Gasteiger partial charge in [-0.1, -0.05) is 29.7 Å². The Labute approximate surface area is 445 Å². The molecule has 0 aliphatic heterocycles. The zero-order valence-corrected chi connectivity index (χ0v) is 44.9. The number of carbonyl (C=O) groups excluding carboxylic acids is 3. The van der Waals surface area contributed by atoms with Gasteiger partial charge in [-0.2, -0.15) is 39.5 Å². The molecule has 0 spiro atoms. The van der Waals surface area contributed by atoms with Gasteiger partial charge in [0.05, 0.1) is 58.7 Å². The van der Waals surface area contributed by atoms with Gasteiger partial charge in [0, 0.05) is 44.3 Å². The quantitative estimate of drug-likeness (QED) is 0.0941. The fraction of sp³-hybridized carbons (Fsp3) is 0.339. The molecule has 0 fully saturated rings. The molecule has 0 bridgehead atoms. The van der Waals surface area contributed by atoms with Crippen LogP contribution in [0.15, 0.2) is 79.0 Å². The summed E-state index contributed by atoms with van der Waals surface area (Å²) >= 11 is 0. The summed E-state index contributed by atoms with van der Waals surface area (Å²) in [5, 5.41) is 3.66. The number of aromatic nitrogens is 4. The zero-order valence-electron chi connectivity index (χ0n) is 44.9. The molecule has 0 radical (unpaired) electrons. The fourth-order valence-electron chi connectivity index (χ4n) is 7.43. The Hall–Kier alpha value is -8.06. The molecule has 4 heterocycles. The van der Waals surface area contributed by atoms with Gasteiger partial charge >= 0.3 is 30.5 Å². The van der Waals surface area contributed by atoms with E-state index in [1.54, 1.807) is 84.1 Å². The molecule has 0 atom stereocenters. The minimum atomic E-state index is -4.64. The van der Waals surface area contributed by atoms with Crippen molar-refractivity contribution in [2.45, 2.75) is 108 Å². The van der Waals surface area contributed by atoms with Crippen LogP contribution in [0.2, 0.25) is 0 Å². The lowest BCUT2D eigenvalue weighted by Crippen LogP contribution is -2.24. The normalized spacial score (nSPS) is 11.8. The zero-order chi connectivity index (χ0) is 58.3. The Morgan fingerprint density at radius 1 is 0.526 bits per heavy atom. The van der Waals surface area contributed by atoms with E-state index in [4.69, 9.17) is 9.47 Å². The van der Waals surface area contributed by atoms with Gasteiger partial charge in [-0.05, 0) is 172 Å². The molecule has 19 heteroatoms. The summed E-state index contributed by atoms with van der Waals surface area (Å²) in [6.07, 6.45) is -12.2. The second kappa shape index (κ2) is 24.1. The Morgan fingerprint density at radius 3 is 1.28 bits per heavy atom. The third kappa shape index (κ3) is 16.2. The predicted octanol–water partition coefficient (Wildman–Crippen LogP) is 14.5. The van der Waals surface area contributed by atoms with Gasteiger partial charge in [-0.25, -0.2) is 24.5 Å². The number of carbonyl (C=O) groups is 3. The highest BCUT2D eigenvalue weighted by molar-refractivity contribution is 5.98. The molecule has 4 aromatic heterocycles. The van der Waals surface area contributed by atoms with E-state index in [1.165, 1.54) is 18.2 Å². The molecule has 410 valence electrons. The fourth-order valence-corrected chi connectivity index (χ4v) is 7.43. The maximum atomic E-state index is 13.8. The van der Waals surface area contributed by atoms with E-state index in [0.29, 0.717) is 44.1 Å². The maximum Gasteiger partial charge on any atom is 0.418 e. The number of ether oxygens (including phenoxy) is 2. The van der Waals surface area contributed by atoms with Crippen LogP contribution < -0.4 is 5.32 Å². The molecular weight excluding hydrogens is 1030 g/mol. The molecular formula is C59H56F9N5O5. The predicted molar refractivity (Wildman–Crippen MR) is 279 cm³/mol. The van der Waals surface area contributed by atoms with Crippen LogP contribution in [0.3, 0.4) is 0 Å². The molecule has 10 nitrogen and oxygen atoms in total. The number of nitrogens with one attached hydrogen (secondary N) is 1. The first kappa shape index (κ1) is 60.8. The summed E-state index contributed by atoms with van der Waals surface area (Å²) in [6.45, 7) is 21.4. The number of aryl methyl sites for hydroxylation is 4. The average Bonchev–Trinajstić information content (AvgIpc) is 3.37. The first-order chi connectivity index (χ1) is 36.1. The largest absolute Gasteiger partial charge is 0.461 e. The van der Waals surface area contributed by atoms with Gasteiger partial charge in [0.2, 0.25) is 0 Å². The average molecular weight is 1090 g/mol. The number of rotatable bonds is 7. The van der Waals surface area contributed by atoms with E-state index in [9.17, 15) is 53.9 Å². The second-order valence-electron chi connectivity index (χ2n) is 20.0. The standard InChI is InChI=1S/C24H22F3N3O.C20H20F3NO2.C15H14F3NO2/c1-15-11-20(22(31)29-14-17-7-5-6-10-28-17)30-21-18(15)12-16(8-9-23(2,3)4)13-19(21)24(25,26)27;1-6-26-18(25)16-9-12(2)14-10-13(7-8-19(3,4)5)11-15(17(14)24-16)20(21,22)23;1-4-21-14(20)12-7-9(3)10-5-8(2)6-11(13(10)19-12)15(16,17)18/h5-7,10-13H,14H2,1-4H3,(H,29,31);9-11H,6H2,1-5H3;5-7H,4H2,1-3H3. The van der Waals surface area contributed by atoms with E-state index >= 15 is 0 Å². The summed E-state index contributed by atoms with van der Waals surface area (Å²) in [7, 11) is 0. The van der Waals surface area contributed by atoms with Gasteiger partial charge in [0.15, 0.2) is 0 Å². The molecule has 7 aromatic rings. The molecule has 0 saturated heterocycles. The van der Waals surface area contributed by atoms with Crippen molar-refractivity contribution in [1.82, 2.24) is 25.3 Å². The summed E-state index contributed by atoms with van der Waals surface area (Å²) in [5.74, 6) is 9.48. The highest BCUT2D eigenvalue weighted by Crippen LogP contribution is 2.39. The van der Waals surface area contributed by atoms with Crippen molar-refractivity contribution >= 4 is 50.6 Å². The Kier molecular flexibility index (Phi) is 18.8. The van der Waals surface area contributed by atoms with Crippen LogP contribution in [0.25, 0.3) is 32.7 Å². The topological polar surface area (TPSA) is 133 Å². The van der Waals surface area contributed by atoms with E-state index in [-0.39, 0.29) is 75.3 Å². The molecule has 1 amide bonds. The molecule has 1 N–H and O–H groups in total. The summed E-state index contributed by atoms with van der Waals surface area (Å²) in [6, 6.07) is 17.4. The number of halogens is 9. The van der Waals surface area contributed by atoms with Gasteiger partial charge in [-0.15, -0.1) is 0 Å². The smallest absolute Gasteiger partial charge is 0.418 e. The Bertz CT molecular complexity index is 3540. The van der Waals surface area contributed by atoms with Crippen LogP contribution in [-0.4, -0.2) is 51.0 Å². The molecule has 78 heavy (non-hydrogen) atoms. The third-order valence-electron chi connectivity index (χ3n) is 10.9. The van der Waals surface area contributed by atoms with Crippen LogP contribution >= 0.6 is 0 Å². The number of hydrogen-bond acceptors (Lipinski definition) is 9. The summed E-state index contributed by atoms with van der Waals surface area (Å²) < 4.78 is 131. The van der Waals surface area contributed by atoms with Crippen LogP contribution in [0.5, 0.6) is 0 Å². The molecule has 3 aromatic carbocycles. The number of hydrogen-bond donors (Lipinski definition) is 1. The molecule has 0 aliphatic rings. The van der Waals surface area contributed by atoms with E-state index < -0.39 is 53.1 Å². The lowest BCUT2D eigenvalue weighted by Gasteiger charge is -2.14. The van der Waals surface area contributed by atoms with Crippen LogP contribution in [0.4, 0.5) is 39.5 Å². The summed E-state index contributed by atoms with van der Waals surface area (Å²) in [4.78, 5) is 52.1. The number of nitrogens with zero attached hydrogens (tertiary/aromatic N) is 4.